The number of carbonyl (C=O) groups is 1. The Labute approximate surface area is 115 Å². The molecule has 0 heterocycles. The zero-order chi connectivity index (χ0) is 14.0. The summed E-state index contributed by atoms with van der Waals surface area (Å²) in [7, 11) is 0. The van der Waals surface area contributed by atoms with Crippen LogP contribution in [0.15, 0.2) is 36.4 Å². The Morgan fingerprint density at radius 3 is 2.63 bits per heavy atom. The lowest BCUT2D eigenvalue weighted by Gasteiger charge is -2.08. The maximum absolute atomic E-state index is 12.0. The highest BCUT2D eigenvalue weighted by molar-refractivity contribution is 6.32. The molecule has 0 unspecified atom stereocenters. The average molecular weight is 277 g/mol. The van der Waals surface area contributed by atoms with Gasteiger partial charge in [0.1, 0.15) is 5.75 Å². The van der Waals surface area contributed by atoms with Gasteiger partial charge in [0.05, 0.1) is 5.02 Å². The highest BCUT2D eigenvalue weighted by Crippen LogP contribution is 2.26. The van der Waals surface area contributed by atoms with Crippen LogP contribution in [0.25, 0.3) is 0 Å². The molecule has 2 aromatic rings. The monoisotopic (exact) mass is 276 g/mol. The van der Waals surface area contributed by atoms with E-state index in [1.807, 2.05) is 6.92 Å². The number of aromatic hydroxyl groups is 1. The molecule has 0 spiro atoms. The number of carbonyl (C=O) groups excluding carboxylic acids is 1. The van der Waals surface area contributed by atoms with Crippen molar-refractivity contribution in [2.75, 3.05) is 11.1 Å². The molecule has 0 bridgehead atoms. The van der Waals surface area contributed by atoms with Gasteiger partial charge in [0.25, 0.3) is 5.91 Å². The van der Waals surface area contributed by atoms with E-state index in [0.29, 0.717) is 16.9 Å². The van der Waals surface area contributed by atoms with Gasteiger partial charge in [-0.1, -0.05) is 17.7 Å². The minimum atomic E-state index is -0.284. The summed E-state index contributed by atoms with van der Waals surface area (Å²) in [5, 5.41) is 12.2. The number of rotatable bonds is 2. The summed E-state index contributed by atoms with van der Waals surface area (Å²) in [6.45, 7) is 1.87. The van der Waals surface area contributed by atoms with E-state index in [0.717, 1.165) is 5.56 Å². The van der Waals surface area contributed by atoms with E-state index in [9.17, 15) is 9.90 Å². The second-order valence-electron chi connectivity index (χ2n) is 4.19. The fourth-order valence-corrected chi connectivity index (χ4v) is 1.75. The molecule has 0 fully saturated rings. The Morgan fingerprint density at radius 2 is 2.00 bits per heavy atom. The van der Waals surface area contributed by atoms with Crippen LogP contribution in [0.2, 0.25) is 5.02 Å². The Hall–Kier alpha value is -2.20. The molecule has 2 aromatic carbocycles. The number of halogens is 1. The van der Waals surface area contributed by atoms with Crippen LogP contribution in [-0.4, -0.2) is 11.0 Å². The van der Waals surface area contributed by atoms with Crippen molar-refractivity contribution in [3.05, 3.63) is 52.5 Å². The van der Waals surface area contributed by atoms with Crippen molar-refractivity contribution in [3.8, 4) is 5.75 Å². The zero-order valence-corrected chi connectivity index (χ0v) is 11.0. The molecule has 0 aromatic heterocycles. The summed E-state index contributed by atoms with van der Waals surface area (Å²) in [4.78, 5) is 12.0. The van der Waals surface area contributed by atoms with Crippen LogP contribution < -0.4 is 11.1 Å². The number of anilines is 2. The molecule has 5 heteroatoms. The van der Waals surface area contributed by atoms with E-state index in [1.54, 1.807) is 24.3 Å². The fraction of sp³-hybridized carbons (Fsp3) is 0.0714. The van der Waals surface area contributed by atoms with Crippen LogP contribution in [0.5, 0.6) is 5.75 Å². The Kier molecular flexibility index (Phi) is 3.62. The molecule has 4 N–H and O–H groups in total. The van der Waals surface area contributed by atoms with Crippen LogP contribution in [0.4, 0.5) is 11.4 Å². The van der Waals surface area contributed by atoms with Crippen LogP contribution in [0, 0.1) is 6.92 Å². The number of amides is 1. The van der Waals surface area contributed by atoms with Crippen LogP contribution in [0.3, 0.4) is 0 Å². The van der Waals surface area contributed by atoms with Gasteiger partial charge in [0, 0.05) is 16.9 Å². The molecule has 2 rings (SSSR count). The van der Waals surface area contributed by atoms with Crippen molar-refractivity contribution in [2.24, 2.45) is 0 Å². The predicted molar refractivity (Wildman–Crippen MR) is 76.7 cm³/mol. The molecule has 0 radical (unpaired) electrons. The third-order valence-electron chi connectivity index (χ3n) is 2.75. The number of phenols is 1. The van der Waals surface area contributed by atoms with Crippen molar-refractivity contribution in [3.63, 3.8) is 0 Å². The highest BCUT2D eigenvalue weighted by atomic mass is 35.5. The number of aryl methyl sites for hydroxylation is 1. The van der Waals surface area contributed by atoms with Gasteiger partial charge >= 0.3 is 0 Å². The normalized spacial score (nSPS) is 10.2. The van der Waals surface area contributed by atoms with Crippen LogP contribution in [0.1, 0.15) is 15.9 Å². The topological polar surface area (TPSA) is 75.3 Å². The van der Waals surface area contributed by atoms with Crippen LogP contribution >= 0.6 is 11.6 Å². The molecular formula is C14H13ClN2O2. The number of phenolic OH excluding ortho intramolecular Hbond substituents is 1. The van der Waals surface area contributed by atoms with Gasteiger partial charge < -0.3 is 16.2 Å². The van der Waals surface area contributed by atoms with E-state index in [-0.39, 0.29) is 16.7 Å². The first-order valence-corrected chi connectivity index (χ1v) is 6.01. The van der Waals surface area contributed by atoms with Crippen molar-refractivity contribution in [2.45, 2.75) is 6.92 Å². The maximum Gasteiger partial charge on any atom is 0.255 e. The fourth-order valence-electron chi connectivity index (χ4n) is 1.57. The van der Waals surface area contributed by atoms with E-state index in [4.69, 9.17) is 17.3 Å². The largest absolute Gasteiger partial charge is 0.506 e. The number of hydrogen-bond donors (Lipinski definition) is 3. The predicted octanol–water partition coefficient (Wildman–Crippen LogP) is 3.19. The Balaban J connectivity index is 2.20. The van der Waals surface area contributed by atoms with Gasteiger partial charge in [-0.25, -0.2) is 0 Å². The number of nitrogens with two attached hydrogens (primary N) is 1. The molecule has 0 aliphatic rings. The third-order valence-corrected chi connectivity index (χ3v) is 3.05. The molecule has 4 nitrogen and oxygen atoms in total. The van der Waals surface area contributed by atoms with Gasteiger partial charge in [0.2, 0.25) is 0 Å². The molecule has 1 amide bonds. The Morgan fingerprint density at radius 1 is 1.26 bits per heavy atom. The summed E-state index contributed by atoms with van der Waals surface area (Å²) in [6, 6.07) is 9.56. The minimum absolute atomic E-state index is 0.0285. The second kappa shape index (κ2) is 5.20. The number of nitrogens with one attached hydrogen (secondary N) is 1. The first kappa shape index (κ1) is 13.2. The SMILES string of the molecule is Cc1ccc(C(=O)Nc2ccc(O)c(Cl)c2)cc1N. The summed E-state index contributed by atoms with van der Waals surface area (Å²) >= 11 is 5.77. The standard InChI is InChI=1S/C14H13ClN2O2/c1-8-2-3-9(6-12(8)16)14(19)17-10-4-5-13(18)11(15)7-10/h2-7,18H,16H2,1H3,(H,17,19). The van der Waals surface area contributed by atoms with E-state index in [2.05, 4.69) is 5.32 Å². The molecule has 0 atom stereocenters. The van der Waals surface area contributed by atoms with E-state index in [1.165, 1.54) is 12.1 Å². The van der Waals surface area contributed by atoms with E-state index >= 15 is 0 Å². The zero-order valence-electron chi connectivity index (χ0n) is 10.3. The minimum Gasteiger partial charge on any atom is -0.506 e. The van der Waals surface area contributed by atoms with Gasteiger partial charge in [-0.2, -0.15) is 0 Å². The number of benzene rings is 2. The van der Waals surface area contributed by atoms with Gasteiger partial charge in [-0.15, -0.1) is 0 Å². The molecule has 19 heavy (non-hydrogen) atoms. The van der Waals surface area contributed by atoms with Gasteiger partial charge in [-0.3, -0.25) is 4.79 Å². The molecule has 98 valence electrons. The lowest BCUT2D eigenvalue weighted by molar-refractivity contribution is 0.102. The highest BCUT2D eigenvalue weighted by Gasteiger charge is 2.08. The molecule has 0 saturated carbocycles. The lowest BCUT2D eigenvalue weighted by atomic mass is 10.1. The first-order valence-electron chi connectivity index (χ1n) is 5.63. The second-order valence-corrected chi connectivity index (χ2v) is 4.60. The molecule has 0 aliphatic heterocycles. The van der Waals surface area contributed by atoms with Crippen molar-refractivity contribution < 1.29 is 9.90 Å². The lowest BCUT2D eigenvalue weighted by Crippen LogP contribution is -2.12. The van der Waals surface area contributed by atoms with Gasteiger partial charge in [0.15, 0.2) is 0 Å². The average Bonchev–Trinajstić information content (AvgIpc) is 2.37. The Bertz CT molecular complexity index is 641. The van der Waals surface area contributed by atoms with Crippen molar-refractivity contribution in [1.29, 1.82) is 0 Å². The quantitative estimate of drug-likeness (QED) is 0.582. The molecule has 0 saturated heterocycles. The third kappa shape index (κ3) is 2.98. The summed E-state index contributed by atoms with van der Waals surface area (Å²) < 4.78 is 0. The van der Waals surface area contributed by atoms with Crippen molar-refractivity contribution >= 4 is 28.9 Å². The van der Waals surface area contributed by atoms with E-state index < -0.39 is 0 Å². The number of nitrogen functional groups attached to an aromatic ring is 1. The smallest absolute Gasteiger partial charge is 0.255 e. The first-order chi connectivity index (χ1) is 8.97. The van der Waals surface area contributed by atoms with Crippen LogP contribution in [-0.2, 0) is 0 Å². The van der Waals surface area contributed by atoms with Crippen molar-refractivity contribution in [1.82, 2.24) is 0 Å². The summed E-state index contributed by atoms with van der Waals surface area (Å²) in [5.74, 6) is -0.312. The van der Waals surface area contributed by atoms with Gasteiger partial charge in [-0.05, 0) is 42.8 Å². The summed E-state index contributed by atoms with van der Waals surface area (Å²) in [5.41, 5.74) is 8.22. The maximum atomic E-state index is 12.0. The summed E-state index contributed by atoms with van der Waals surface area (Å²) in [6.07, 6.45) is 0. The molecule has 0 aliphatic carbocycles. The molecular weight excluding hydrogens is 264 g/mol. The number of hydrogen-bond acceptors (Lipinski definition) is 3.